The van der Waals surface area contributed by atoms with E-state index in [9.17, 15) is 37.5 Å². The van der Waals surface area contributed by atoms with Crippen LogP contribution in [0.5, 0.6) is 0 Å². The number of alkyl carbamates (subject to hydrolysis) is 1. The fraction of sp³-hybridized carbons (Fsp3) is 0.435. The lowest BCUT2D eigenvalue weighted by Crippen LogP contribution is -2.70. The van der Waals surface area contributed by atoms with Crippen LogP contribution >= 0.6 is 11.8 Å². The van der Waals surface area contributed by atoms with E-state index in [1.165, 1.54) is 19.1 Å². The second-order valence-corrected chi connectivity index (χ2v) is 11.9. The number of aliphatic carboxylic acids is 1. The van der Waals surface area contributed by atoms with Crippen molar-refractivity contribution in [2.45, 2.75) is 49.6 Å². The van der Waals surface area contributed by atoms with E-state index in [0.717, 1.165) is 28.8 Å². The summed E-state index contributed by atoms with van der Waals surface area (Å²) in [5.74, 6) is -3.19. The minimum atomic E-state index is -4.50. The Balaban J connectivity index is 1.75. The third-order valence-corrected chi connectivity index (χ3v) is 7.90. The maximum atomic E-state index is 12.8. The third-order valence-electron chi connectivity index (χ3n) is 5.19. The van der Waals surface area contributed by atoms with Crippen LogP contribution in [0.25, 0.3) is 0 Å². The first-order chi connectivity index (χ1) is 18.2. The molecular formula is C23H27N3O11S2. The molecule has 16 heteroatoms. The van der Waals surface area contributed by atoms with E-state index >= 15 is 0 Å². The molecule has 1 aromatic carbocycles. The molecule has 1 saturated heterocycles. The Bertz CT molecular complexity index is 1330. The summed E-state index contributed by atoms with van der Waals surface area (Å²) in [4.78, 5) is 61.7. The summed E-state index contributed by atoms with van der Waals surface area (Å²) in [5.41, 5.74) is -1.52. The number of benzene rings is 1. The van der Waals surface area contributed by atoms with Gasteiger partial charge in [0.05, 0.1) is 12.2 Å². The summed E-state index contributed by atoms with van der Waals surface area (Å²) in [7, 11) is -4.50. The minimum Gasteiger partial charge on any atom is -0.477 e. The number of nitrogens with zero attached hydrogens (tertiary/aromatic N) is 1. The number of carbonyl (C=O) groups excluding carboxylic acids is 4. The highest BCUT2D eigenvalue weighted by Gasteiger charge is 2.54. The van der Waals surface area contributed by atoms with Crippen molar-refractivity contribution in [1.82, 2.24) is 14.9 Å². The van der Waals surface area contributed by atoms with Crippen LogP contribution < -0.4 is 10.0 Å². The Morgan fingerprint density at radius 1 is 1.13 bits per heavy atom. The Morgan fingerprint density at radius 3 is 2.41 bits per heavy atom. The molecule has 2 atom stereocenters. The maximum Gasteiger partial charge on any atom is 0.421 e. The molecule has 2 aliphatic rings. The standard InChI is InChI=1S/C23H27N3O11S2/c1-5-35-22(32)25-39(33,34)14-9-7-6-8-13(14)20(30)36-10-12-11-38-18-15(24-21(31)37-23(2,3)4)17(27)26(18)16(12)19(28)29/h6-9,15,18H,5,10-11H2,1-4H3,(H,24,31)(H,25,32)(H,28,29)/t15-,18-/m1/s1. The van der Waals surface area contributed by atoms with Crippen LogP contribution in [0.3, 0.4) is 0 Å². The second-order valence-electron chi connectivity index (χ2n) is 9.19. The van der Waals surface area contributed by atoms with Crippen molar-refractivity contribution < 1.29 is 51.7 Å². The summed E-state index contributed by atoms with van der Waals surface area (Å²) in [6.07, 6.45) is -2.06. The van der Waals surface area contributed by atoms with Crippen molar-refractivity contribution in [2.75, 3.05) is 19.0 Å². The molecule has 212 valence electrons. The van der Waals surface area contributed by atoms with Crippen LogP contribution in [0.2, 0.25) is 0 Å². The summed E-state index contributed by atoms with van der Waals surface area (Å²) in [5, 5.41) is 11.5. The zero-order valence-electron chi connectivity index (χ0n) is 21.4. The van der Waals surface area contributed by atoms with Gasteiger partial charge in [-0.2, -0.15) is 0 Å². The van der Waals surface area contributed by atoms with Gasteiger partial charge in [0.15, 0.2) is 0 Å². The van der Waals surface area contributed by atoms with E-state index in [1.807, 2.05) is 0 Å². The molecule has 0 spiro atoms. The van der Waals surface area contributed by atoms with Crippen LogP contribution in [0.4, 0.5) is 9.59 Å². The average molecular weight is 586 g/mol. The summed E-state index contributed by atoms with van der Waals surface area (Å²) in [6.45, 7) is 5.80. The number of carbonyl (C=O) groups is 5. The molecule has 0 aromatic heterocycles. The number of esters is 1. The molecule has 1 fully saturated rings. The highest BCUT2D eigenvalue weighted by Crippen LogP contribution is 2.40. The van der Waals surface area contributed by atoms with Crippen LogP contribution in [0.1, 0.15) is 38.1 Å². The molecule has 39 heavy (non-hydrogen) atoms. The molecule has 3 amide bonds. The predicted octanol–water partition coefficient (Wildman–Crippen LogP) is 1.43. The van der Waals surface area contributed by atoms with Gasteiger partial charge in [0.25, 0.3) is 15.9 Å². The molecule has 14 nitrogen and oxygen atoms in total. The van der Waals surface area contributed by atoms with E-state index in [2.05, 4.69) is 10.1 Å². The Labute approximate surface area is 228 Å². The van der Waals surface area contributed by atoms with Crippen molar-refractivity contribution in [3.05, 3.63) is 41.1 Å². The van der Waals surface area contributed by atoms with Crippen molar-refractivity contribution in [3.63, 3.8) is 0 Å². The van der Waals surface area contributed by atoms with Gasteiger partial charge >= 0.3 is 24.1 Å². The molecule has 3 rings (SSSR count). The normalized spacial score (nSPS) is 18.9. The number of hydrogen-bond donors (Lipinski definition) is 3. The number of ether oxygens (including phenoxy) is 3. The van der Waals surface area contributed by atoms with Gasteiger partial charge in [-0.1, -0.05) is 12.1 Å². The SMILES string of the molecule is CCOC(=O)NS(=O)(=O)c1ccccc1C(=O)OCC1=C(C(=O)O)N2C(=O)[C@@H](NC(=O)OC(C)(C)C)[C@H]2SC1. The quantitative estimate of drug-likeness (QED) is 0.226. The highest BCUT2D eigenvalue weighted by atomic mass is 32.2. The number of carboxylic acid groups (broad SMARTS) is 1. The topological polar surface area (TPSA) is 195 Å². The molecule has 0 unspecified atom stereocenters. The summed E-state index contributed by atoms with van der Waals surface area (Å²) >= 11 is 1.15. The Morgan fingerprint density at radius 2 is 1.79 bits per heavy atom. The average Bonchev–Trinajstić information content (AvgIpc) is 2.83. The van der Waals surface area contributed by atoms with Gasteiger partial charge in [-0.25, -0.2) is 32.3 Å². The van der Waals surface area contributed by atoms with Gasteiger partial charge in [-0.05, 0) is 39.8 Å². The van der Waals surface area contributed by atoms with Crippen molar-refractivity contribution in [3.8, 4) is 0 Å². The monoisotopic (exact) mass is 585 g/mol. The fourth-order valence-electron chi connectivity index (χ4n) is 3.65. The summed E-state index contributed by atoms with van der Waals surface area (Å²) < 4.78 is 41.8. The highest BCUT2D eigenvalue weighted by molar-refractivity contribution is 8.00. The largest absolute Gasteiger partial charge is 0.477 e. The molecule has 3 N–H and O–H groups in total. The van der Waals surface area contributed by atoms with Crippen molar-refractivity contribution in [2.24, 2.45) is 0 Å². The zero-order chi connectivity index (χ0) is 29.1. The number of rotatable bonds is 8. The molecule has 0 radical (unpaired) electrons. The number of β-lactam (4-membered cyclic amide) rings is 1. The molecule has 1 aromatic rings. The number of thioether (sulfide) groups is 1. The number of sulfonamides is 1. The van der Waals surface area contributed by atoms with E-state index in [-0.39, 0.29) is 17.9 Å². The van der Waals surface area contributed by atoms with Crippen molar-refractivity contribution >= 4 is 51.8 Å². The van der Waals surface area contributed by atoms with Crippen LogP contribution in [0, 0.1) is 0 Å². The minimum absolute atomic E-state index is 0.0419. The Kier molecular flexibility index (Phi) is 8.80. The molecule has 0 saturated carbocycles. The predicted molar refractivity (Wildman–Crippen MR) is 135 cm³/mol. The van der Waals surface area contributed by atoms with Crippen LogP contribution in [0.15, 0.2) is 40.4 Å². The number of carboxylic acids is 1. The summed E-state index contributed by atoms with van der Waals surface area (Å²) in [6, 6.07) is 3.94. The van der Waals surface area contributed by atoms with Gasteiger partial charge in [-0.3, -0.25) is 9.69 Å². The van der Waals surface area contributed by atoms with Gasteiger partial charge < -0.3 is 24.6 Å². The van der Waals surface area contributed by atoms with Gasteiger partial charge in [-0.15, -0.1) is 11.8 Å². The lowest BCUT2D eigenvalue weighted by atomic mass is 10.0. The van der Waals surface area contributed by atoms with E-state index in [0.29, 0.717) is 0 Å². The zero-order valence-corrected chi connectivity index (χ0v) is 23.0. The van der Waals surface area contributed by atoms with Crippen LogP contribution in [-0.4, -0.2) is 84.4 Å². The van der Waals surface area contributed by atoms with E-state index in [4.69, 9.17) is 9.47 Å². The van der Waals surface area contributed by atoms with Gasteiger partial charge in [0, 0.05) is 11.3 Å². The number of hydrogen-bond acceptors (Lipinski definition) is 11. The molecule has 0 bridgehead atoms. The second kappa shape index (κ2) is 11.5. The third kappa shape index (κ3) is 6.81. The Hall–Kier alpha value is -3.79. The van der Waals surface area contributed by atoms with Gasteiger partial charge in [0.1, 0.15) is 34.2 Å². The number of fused-ring (bicyclic) bond motifs is 1. The van der Waals surface area contributed by atoms with Gasteiger partial charge in [0.2, 0.25) is 0 Å². The lowest BCUT2D eigenvalue weighted by molar-refractivity contribution is -0.149. The fourth-order valence-corrected chi connectivity index (χ4v) is 6.07. The molecule has 0 aliphatic carbocycles. The number of nitrogens with one attached hydrogen (secondary N) is 2. The lowest BCUT2D eigenvalue weighted by Gasteiger charge is -2.49. The first-order valence-electron chi connectivity index (χ1n) is 11.5. The smallest absolute Gasteiger partial charge is 0.421 e. The maximum absolute atomic E-state index is 12.8. The van der Waals surface area contributed by atoms with Crippen molar-refractivity contribution in [1.29, 1.82) is 0 Å². The first-order valence-corrected chi connectivity index (χ1v) is 14.0. The van der Waals surface area contributed by atoms with E-state index in [1.54, 1.807) is 25.5 Å². The molecule has 2 aliphatic heterocycles. The first kappa shape index (κ1) is 29.8. The molecular weight excluding hydrogens is 558 g/mol. The number of amides is 3. The molecule has 2 heterocycles. The van der Waals surface area contributed by atoms with Crippen LogP contribution in [-0.2, 0) is 33.8 Å². The van der Waals surface area contributed by atoms with E-state index < -0.39 is 79.8 Å².